The Bertz CT molecular complexity index is 396. The number of methoxy groups -OCH3 is 1. The molecule has 1 aromatic carbocycles. The Morgan fingerprint density at radius 2 is 1.84 bits per heavy atom. The van der Waals surface area contributed by atoms with Crippen molar-refractivity contribution < 1.29 is 27.4 Å². The summed E-state index contributed by atoms with van der Waals surface area (Å²) < 4.78 is 50.5. The Labute approximate surface area is 117 Å². The molecule has 0 aliphatic carbocycles. The van der Waals surface area contributed by atoms with Gasteiger partial charge in [0.2, 0.25) is 0 Å². The van der Waals surface area contributed by atoms with Gasteiger partial charge in [0, 0.05) is 13.7 Å². The van der Waals surface area contributed by atoms with Gasteiger partial charge in [0.25, 0.3) is 0 Å². The molecule has 1 rings (SSSR count). The zero-order chi connectivity index (χ0) is 14.3. The highest BCUT2D eigenvalue weighted by Gasteiger charge is 2.31. The van der Waals surface area contributed by atoms with Gasteiger partial charge in [-0.1, -0.05) is 0 Å². The first-order valence-corrected chi connectivity index (χ1v) is 6.38. The van der Waals surface area contributed by atoms with Crippen LogP contribution >= 0.6 is 15.9 Å². The van der Waals surface area contributed by atoms with Gasteiger partial charge in [0.1, 0.15) is 11.5 Å². The highest BCUT2D eigenvalue weighted by molar-refractivity contribution is 9.10. The van der Waals surface area contributed by atoms with Crippen LogP contribution in [0.1, 0.15) is 12.8 Å². The van der Waals surface area contributed by atoms with E-state index in [1.165, 1.54) is 18.2 Å². The molecular weight excluding hydrogens is 329 g/mol. The first-order valence-electron chi connectivity index (χ1n) is 5.59. The van der Waals surface area contributed by atoms with Crippen molar-refractivity contribution in [3.8, 4) is 11.5 Å². The number of halogens is 4. The van der Waals surface area contributed by atoms with E-state index in [4.69, 9.17) is 9.47 Å². The number of hydrogen-bond acceptors (Lipinski definition) is 3. The number of hydrogen-bond donors (Lipinski definition) is 0. The van der Waals surface area contributed by atoms with Crippen LogP contribution in [0.4, 0.5) is 13.2 Å². The third-order valence-corrected chi connectivity index (χ3v) is 2.76. The lowest BCUT2D eigenvalue weighted by Crippen LogP contribution is -2.17. The minimum Gasteiger partial charge on any atom is -0.494 e. The molecule has 1 aromatic rings. The van der Waals surface area contributed by atoms with Gasteiger partial charge in [-0.3, -0.25) is 0 Å². The monoisotopic (exact) mass is 342 g/mol. The largest absolute Gasteiger partial charge is 0.573 e. The zero-order valence-electron chi connectivity index (χ0n) is 10.3. The SMILES string of the molecule is COCCCCOc1ccc(OC(F)(F)F)c(Br)c1. The van der Waals surface area contributed by atoms with Crippen LogP contribution in [-0.4, -0.2) is 26.7 Å². The van der Waals surface area contributed by atoms with E-state index in [1.54, 1.807) is 7.11 Å². The second-order valence-electron chi connectivity index (χ2n) is 3.69. The van der Waals surface area contributed by atoms with Gasteiger partial charge in [-0.25, -0.2) is 0 Å². The molecule has 0 saturated carbocycles. The first-order chi connectivity index (χ1) is 8.92. The Morgan fingerprint density at radius 3 is 2.42 bits per heavy atom. The normalized spacial score (nSPS) is 11.4. The molecular formula is C12H14BrF3O3. The number of benzene rings is 1. The molecule has 0 amide bonds. The molecule has 0 aromatic heterocycles. The van der Waals surface area contributed by atoms with Gasteiger partial charge in [-0.05, 0) is 47.0 Å². The predicted molar refractivity (Wildman–Crippen MR) is 67.4 cm³/mol. The van der Waals surface area contributed by atoms with Crippen molar-refractivity contribution in [2.75, 3.05) is 20.3 Å². The third-order valence-electron chi connectivity index (χ3n) is 2.14. The molecule has 0 saturated heterocycles. The first kappa shape index (κ1) is 16.1. The zero-order valence-corrected chi connectivity index (χ0v) is 11.9. The highest BCUT2D eigenvalue weighted by Crippen LogP contribution is 2.33. The molecule has 19 heavy (non-hydrogen) atoms. The van der Waals surface area contributed by atoms with Crippen LogP contribution in [0, 0.1) is 0 Å². The fraction of sp³-hybridized carbons (Fsp3) is 0.500. The van der Waals surface area contributed by atoms with Crippen molar-refractivity contribution in [1.29, 1.82) is 0 Å². The van der Waals surface area contributed by atoms with Crippen molar-refractivity contribution >= 4 is 15.9 Å². The molecule has 108 valence electrons. The van der Waals surface area contributed by atoms with Crippen molar-refractivity contribution in [1.82, 2.24) is 0 Å². The number of unbranched alkanes of at least 4 members (excludes halogenated alkanes) is 1. The van der Waals surface area contributed by atoms with Crippen LogP contribution in [0.2, 0.25) is 0 Å². The predicted octanol–water partition coefficient (Wildman–Crippen LogP) is 4.15. The van der Waals surface area contributed by atoms with Crippen LogP contribution in [0.15, 0.2) is 22.7 Å². The summed E-state index contributed by atoms with van der Waals surface area (Å²) in [6, 6.07) is 4.08. The van der Waals surface area contributed by atoms with Gasteiger partial charge in [-0.15, -0.1) is 13.2 Å². The van der Waals surface area contributed by atoms with E-state index >= 15 is 0 Å². The van der Waals surface area contributed by atoms with E-state index in [0.29, 0.717) is 19.0 Å². The van der Waals surface area contributed by atoms with E-state index in [2.05, 4.69) is 20.7 Å². The lowest BCUT2D eigenvalue weighted by atomic mass is 10.3. The Balaban J connectivity index is 2.47. The molecule has 0 spiro atoms. The summed E-state index contributed by atoms with van der Waals surface area (Å²) in [7, 11) is 1.62. The third kappa shape index (κ3) is 6.68. The molecule has 0 atom stereocenters. The molecule has 0 unspecified atom stereocenters. The average molecular weight is 343 g/mol. The maximum Gasteiger partial charge on any atom is 0.573 e. The second-order valence-corrected chi connectivity index (χ2v) is 4.54. The average Bonchev–Trinajstić information content (AvgIpc) is 2.31. The fourth-order valence-corrected chi connectivity index (χ4v) is 1.76. The maximum atomic E-state index is 12.1. The lowest BCUT2D eigenvalue weighted by molar-refractivity contribution is -0.274. The van der Waals surface area contributed by atoms with E-state index < -0.39 is 6.36 Å². The van der Waals surface area contributed by atoms with Crippen LogP contribution < -0.4 is 9.47 Å². The molecule has 3 nitrogen and oxygen atoms in total. The highest BCUT2D eigenvalue weighted by atomic mass is 79.9. The van der Waals surface area contributed by atoms with Gasteiger partial charge < -0.3 is 14.2 Å². The van der Waals surface area contributed by atoms with Gasteiger partial charge in [-0.2, -0.15) is 0 Å². The molecule has 0 aliphatic heterocycles. The number of rotatable bonds is 7. The standard InChI is InChI=1S/C12H14BrF3O3/c1-17-6-2-3-7-18-9-4-5-11(10(13)8-9)19-12(14,15)16/h4-5,8H,2-3,6-7H2,1H3. The summed E-state index contributed by atoms with van der Waals surface area (Å²) in [5, 5.41) is 0. The van der Waals surface area contributed by atoms with Gasteiger partial charge >= 0.3 is 6.36 Å². The van der Waals surface area contributed by atoms with Crippen molar-refractivity contribution in [3.63, 3.8) is 0 Å². The van der Waals surface area contributed by atoms with Crippen LogP contribution in [0.3, 0.4) is 0 Å². The summed E-state index contributed by atoms with van der Waals surface area (Å²) in [6.07, 6.45) is -3.02. The van der Waals surface area contributed by atoms with E-state index in [0.717, 1.165) is 12.8 Å². The van der Waals surface area contributed by atoms with E-state index in [-0.39, 0.29) is 10.2 Å². The van der Waals surface area contributed by atoms with Crippen LogP contribution in [0.5, 0.6) is 11.5 Å². The second kappa shape index (κ2) is 7.59. The maximum absolute atomic E-state index is 12.1. The van der Waals surface area contributed by atoms with Gasteiger partial charge in [0.15, 0.2) is 0 Å². The Kier molecular flexibility index (Phi) is 6.44. The topological polar surface area (TPSA) is 27.7 Å². The molecule has 0 N–H and O–H groups in total. The molecule has 0 aliphatic rings. The van der Waals surface area contributed by atoms with Crippen LogP contribution in [0.25, 0.3) is 0 Å². The summed E-state index contributed by atoms with van der Waals surface area (Å²) >= 11 is 3.01. The smallest absolute Gasteiger partial charge is 0.494 e. The lowest BCUT2D eigenvalue weighted by Gasteiger charge is -2.12. The van der Waals surface area contributed by atoms with E-state index in [1.807, 2.05) is 0 Å². The van der Waals surface area contributed by atoms with Crippen molar-refractivity contribution in [2.45, 2.75) is 19.2 Å². The number of ether oxygens (including phenoxy) is 3. The summed E-state index contributed by atoms with van der Waals surface area (Å²) in [4.78, 5) is 0. The van der Waals surface area contributed by atoms with Crippen LogP contribution in [-0.2, 0) is 4.74 Å². The molecule has 0 radical (unpaired) electrons. The minimum absolute atomic E-state index is 0.194. The van der Waals surface area contributed by atoms with Crippen molar-refractivity contribution in [2.24, 2.45) is 0 Å². The van der Waals surface area contributed by atoms with E-state index in [9.17, 15) is 13.2 Å². The number of alkyl halides is 3. The summed E-state index contributed by atoms with van der Waals surface area (Å²) in [5.41, 5.74) is 0. The molecule has 7 heteroatoms. The quantitative estimate of drug-likeness (QED) is 0.696. The molecule has 0 heterocycles. The van der Waals surface area contributed by atoms with Crippen molar-refractivity contribution in [3.05, 3.63) is 22.7 Å². The molecule has 0 bridgehead atoms. The Morgan fingerprint density at radius 1 is 1.16 bits per heavy atom. The summed E-state index contributed by atoms with van der Waals surface area (Å²) in [5.74, 6) is 0.193. The molecule has 0 fully saturated rings. The summed E-state index contributed by atoms with van der Waals surface area (Å²) in [6.45, 7) is 1.14. The minimum atomic E-state index is -4.70. The Hall–Kier alpha value is -0.950. The fourth-order valence-electron chi connectivity index (χ4n) is 1.32. The van der Waals surface area contributed by atoms with Gasteiger partial charge in [0.05, 0.1) is 11.1 Å².